The second-order valence-corrected chi connectivity index (χ2v) is 15.7. The maximum atomic E-state index is 6.71. The van der Waals surface area contributed by atoms with E-state index >= 15 is 0 Å². The van der Waals surface area contributed by atoms with E-state index in [9.17, 15) is 0 Å². The molecule has 0 spiro atoms. The normalized spacial score (nSPS) is 33.4. The van der Waals surface area contributed by atoms with E-state index in [0.717, 1.165) is 19.3 Å². The summed E-state index contributed by atoms with van der Waals surface area (Å²) in [5, 5.41) is 0.251. The van der Waals surface area contributed by atoms with Crippen LogP contribution in [-0.2, 0) is 9.16 Å². The van der Waals surface area contributed by atoms with E-state index in [1.54, 1.807) is 5.57 Å². The Hall–Kier alpha value is 0.157. The molecule has 0 bridgehead atoms. The average Bonchev–Trinajstić information content (AvgIpc) is 2.50. The molecule has 4 atom stereocenters. The van der Waals surface area contributed by atoms with Crippen molar-refractivity contribution in [3.05, 3.63) is 11.6 Å². The van der Waals surface area contributed by atoms with Gasteiger partial charge in [-0.1, -0.05) is 58.0 Å². The van der Waals surface area contributed by atoms with E-state index in [-0.39, 0.29) is 22.7 Å². The van der Waals surface area contributed by atoms with Crippen LogP contribution in [0.3, 0.4) is 0 Å². The van der Waals surface area contributed by atoms with Crippen LogP contribution in [0.15, 0.2) is 11.6 Å². The Kier molecular flexibility index (Phi) is 6.56. The molecule has 0 saturated heterocycles. The highest BCUT2D eigenvalue weighted by Gasteiger charge is 2.48. The van der Waals surface area contributed by atoms with Crippen LogP contribution in [0, 0.1) is 11.3 Å². The molecule has 1 fully saturated rings. The van der Waals surface area contributed by atoms with Crippen molar-refractivity contribution >= 4 is 36.7 Å². The lowest BCUT2D eigenvalue weighted by Crippen LogP contribution is -2.48. The molecule has 0 aromatic carbocycles. The number of rotatable bonds is 3. The predicted molar refractivity (Wildman–Crippen MR) is 117 cm³/mol. The summed E-state index contributed by atoms with van der Waals surface area (Å²) in [6, 6.07) is 0. The topological polar surface area (TPSA) is 18.5 Å². The maximum absolute atomic E-state index is 6.71. The summed E-state index contributed by atoms with van der Waals surface area (Å²) in [5.41, 5.74) is 1.65. The summed E-state index contributed by atoms with van der Waals surface area (Å²) in [5.74, 6) is 0.610. The predicted octanol–water partition coefficient (Wildman–Crippen LogP) is 6.57. The zero-order valence-electron chi connectivity index (χ0n) is 17.3. The molecule has 25 heavy (non-hydrogen) atoms. The molecule has 0 heterocycles. The van der Waals surface area contributed by atoms with E-state index in [4.69, 9.17) is 21.4 Å². The van der Waals surface area contributed by atoms with E-state index in [1.807, 2.05) is 6.26 Å². The first-order valence-electron chi connectivity index (χ1n) is 9.55. The van der Waals surface area contributed by atoms with E-state index in [2.05, 4.69) is 53.8 Å². The Morgan fingerprint density at radius 1 is 1.28 bits per heavy atom. The van der Waals surface area contributed by atoms with Gasteiger partial charge in [0.05, 0.1) is 6.10 Å². The van der Waals surface area contributed by atoms with Gasteiger partial charge in [-0.25, -0.2) is 0 Å². The molecule has 0 amide bonds. The maximum Gasteiger partial charge on any atom is 0.219 e. The number of fused-ring (bicyclic) bond motifs is 1. The first-order valence-corrected chi connectivity index (χ1v) is 14.1. The van der Waals surface area contributed by atoms with Gasteiger partial charge in [0.2, 0.25) is 4.38 Å². The van der Waals surface area contributed by atoms with Gasteiger partial charge in [-0.15, -0.1) is 0 Å². The molecule has 2 nitrogen and oxygen atoms in total. The fourth-order valence-electron chi connectivity index (χ4n) is 4.01. The Bertz CT molecular complexity index is 538. The fraction of sp³-hybridized carbons (Fsp3) is 0.850. The fourth-order valence-corrected chi connectivity index (χ4v) is 5.64. The number of ether oxygens (including phenoxy) is 1. The zero-order valence-corrected chi connectivity index (χ0v) is 19.9. The van der Waals surface area contributed by atoms with Gasteiger partial charge in [0.1, 0.15) is 6.10 Å². The van der Waals surface area contributed by atoms with Crippen LogP contribution in [0.1, 0.15) is 60.3 Å². The molecule has 0 aliphatic heterocycles. The number of hydrogen-bond acceptors (Lipinski definition) is 4. The van der Waals surface area contributed by atoms with E-state index in [0.29, 0.717) is 10.3 Å². The molecule has 1 saturated carbocycles. The molecule has 0 aromatic rings. The van der Waals surface area contributed by atoms with Gasteiger partial charge in [-0.05, 0) is 68.2 Å². The Morgan fingerprint density at radius 3 is 2.48 bits per heavy atom. The lowest BCUT2D eigenvalue weighted by Gasteiger charge is -2.50. The van der Waals surface area contributed by atoms with E-state index in [1.165, 1.54) is 18.2 Å². The van der Waals surface area contributed by atoms with Crippen LogP contribution < -0.4 is 0 Å². The van der Waals surface area contributed by atoms with Crippen molar-refractivity contribution in [1.29, 1.82) is 0 Å². The summed E-state index contributed by atoms with van der Waals surface area (Å²) < 4.78 is 13.6. The van der Waals surface area contributed by atoms with Crippen molar-refractivity contribution < 1.29 is 9.16 Å². The summed E-state index contributed by atoms with van der Waals surface area (Å²) in [7, 11) is -1.74. The van der Waals surface area contributed by atoms with Gasteiger partial charge in [-0.3, -0.25) is 0 Å². The minimum Gasteiger partial charge on any atom is -0.474 e. The molecule has 0 unspecified atom stereocenters. The molecule has 0 radical (unpaired) electrons. The highest BCUT2D eigenvalue weighted by Crippen LogP contribution is 2.52. The first kappa shape index (κ1) is 21.5. The van der Waals surface area contributed by atoms with E-state index < -0.39 is 8.32 Å². The van der Waals surface area contributed by atoms with Gasteiger partial charge in [0.25, 0.3) is 0 Å². The average molecular weight is 401 g/mol. The molecule has 144 valence electrons. The largest absolute Gasteiger partial charge is 0.474 e. The minimum atomic E-state index is -1.74. The molecular weight excluding hydrogens is 364 g/mol. The second kappa shape index (κ2) is 7.65. The highest BCUT2D eigenvalue weighted by molar-refractivity contribution is 8.22. The number of hydrogen-bond donors (Lipinski definition) is 0. The van der Waals surface area contributed by atoms with Gasteiger partial charge >= 0.3 is 0 Å². The lowest BCUT2D eigenvalue weighted by molar-refractivity contribution is 0.0193. The molecule has 2 aliphatic rings. The second-order valence-electron chi connectivity index (χ2n) is 9.53. The van der Waals surface area contributed by atoms with Crippen molar-refractivity contribution in [2.45, 2.75) is 90.6 Å². The van der Waals surface area contributed by atoms with Crippen molar-refractivity contribution in [2.24, 2.45) is 11.3 Å². The Labute approximate surface area is 165 Å². The first-order chi connectivity index (χ1) is 11.4. The van der Waals surface area contributed by atoms with Crippen LogP contribution in [0.5, 0.6) is 0 Å². The molecular formula is C20H36O2S2Si. The Balaban J connectivity index is 2.23. The third-order valence-electron chi connectivity index (χ3n) is 6.73. The monoisotopic (exact) mass is 400 g/mol. The molecule has 0 N–H and O–H groups in total. The third kappa shape index (κ3) is 4.53. The van der Waals surface area contributed by atoms with Crippen LogP contribution in [0.2, 0.25) is 18.1 Å². The zero-order chi connectivity index (χ0) is 19.0. The van der Waals surface area contributed by atoms with Crippen LogP contribution >= 0.6 is 24.0 Å². The molecule has 0 aromatic heterocycles. The minimum absolute atomic E-state index is 0.102. The molecule has 5 heteroatoms. The summed E-state index contributed by atoms with van der Waals surface area (Å²) in [4.78, 5) is 0. The van der Waals surface area contributed by atoms with Gasteiger partial charge in [-0.2, -0.15) is 0 Å². The molecule has 2 aliphatic carbocycles. The quantitative estimate of drug-likeness (QED) is 0.303. The van der Waals surface area contributed by atoms with Crippen LogP contribution in [-0.4, -0.2) is 31.2 Å². The van der Waals surface area contributed by atoms with Crippen molar-refractivity contribution in [1.82, 2.24) is 0 Å². The van der Waals surface area contributed by atoms with Gasteiger partial charge < -0.3 is 9.16 Å². The lowest BCUT2D eigenvalue weighted by atomic mass is 9.60. The highest BCUT2D eigenvalue weighted by atomic mass is 32.2. The van der Waals surface area contributed by atoms with Crippen LogP contribution in [0.25, 0.3) is 0 Å². The SMILES string of the molecule is CSC(=S)O[C@H]1CC[C@H](C)C2=C[C@@H](O[Si](C)(C)C(C)(C)C)CC[C@@]21C. The van der Waals surface area contributed by atoms with Gasteiger partial charge in [0.15, 0.2) is 8.32 Å². The standard InChI is InChI=1S/C20H36O2S2Si/c1-14-9-10-17(21-18(23)24-6)20(5)12-11-15(13-16(14)20)22-25(7,8)19(2,3)4/h13-15,17H,9-12H2,1-8H3/t14-,15-,17-,20-/m0/s1. The van der Waals surface area contributed by atoms with Gasteiger partial charge in [0, 0.05) is 5.41 Å². The summed E-state index contributed by atoms with van der Waals surface area (Å²) in [6.07, 6.45) is 9.42. The third-order valence-corrected chi connectivity index (χ3v) is 12.3. The Morgan fingerprint density at radius 2 is 1.92 bits per heavy atom. The van der Waals surface area contributed by atoms with Crippen LogP contribution in [0.4, 0.5) is 0 Å². The summed E-state index contributed by atoms with van der Waals surface area (Å²) in [6.45, 7) is 16.4. The molecule has 2 rings (SSSR count). The number of thiocarbonyl (C=S) groups is 1. The summed E-state index contributed by atoms with van der Waals surface area (Å²) >= 11 is 6.89. The van der Waals surface area contributed by atoms with Crippen molar-refractivity contribution in [2.75, 3.05) is 6.26 Å². The smallest absolute Gasteiger partial charge is 0.219 e. The number of thioether (sulfide) groups is 1. The van der Waals surface area contributed by atoms with Crippen molar-refractivity contribution in [3.63, 3.8) is 0 Å². The van der Waals surface area contributed by atoms with Crippen molar-refractivity contribution in [3.8, 4) is 0 Å².